The third-order valence-electron chi connectivity index (χ3n) is 4.38. The Bertz CT molecular complexity index is 936. The molecule has 3 rings (SSSR count). The Balaban J connectivity index is 1.86. The van der Waals surface area contributed by atoms with Gasteiger partial charge in [-0.05, 0) is 11.6 Å². The average Bonchev–Trinajstić information content (AvgIpc) is 2.72. The molecule has 164 valence electrons. The molecule has 31 heavy (non-hydrogen) atoms. The van der Waals surface area contributed by atoms with Gasteiger partial charge in [-0.3, -0.25) is 19.4 Å². The van der Waals surface area contributed by atoms with Gasteiger partial charge in [0.25, 0.3) is 0 Å². The summed E-state index contributed by atoms with van der Waals surface area (Å²) >= 11 is 1.29. The topological polar surface area (TPSA) is 101 Å². The summed E-state index contributed by atoms with van der Waals surface area (Å²) in [4.78, 5) is 39.2. The minimum absolute atomic E-state index is 0.297. The van der Waals surface area contributed by atoms with Crippen LogP contribution >= 0.6 is 11.8 Å². The monoisotopic (exact) mass is 445 g/mol. The molecule has 0 unspecified atom stereocenters. The van der Waals surface area contributed by atoms with Crippen LogP contribution in [0.15, 0.2) is 48.8 Å². The molecule has 0 N–H and O–H groups in total. The number of ether oxygens (including phenoxy) is 4. The number of rotatable bonds is 6. The van der Waals surface area contributed by atoms with Crippen molar-refractivity contribution in [2.45, 2.75) is 44.5 Å². The van der Waals surface area contributed by atoms with Crippen molar-refractivity contribution in [2.75, 3.05) is 5.75 Å². The van der Waals surface area contributed by atoms with Crippen LogP contribution in [0.4, 0.5) is 0 Å². The molecule has 0 bridgehead atoms. The number of pyridine rings is 1. The van der Waals surface area contributed by atoms with Crippen molar-refractivity contribution in [3.8, 4) is 16.9 Å². The van der Waals surface area contributed by atoms with Crippen LogP contribution in [0.1, 0.15) is 20.8 Å². The molecule has 1 aromatic heterocycles. The Morgan fingerprint density at radius 3 is 2.16 bits per heavy atom. The molecule has 1 aliphatic rings. The van der Waals surface area contributed by atoms with Crippen LogP contribution in [-0.2, 0) is 28.6 Å². The Morgan fingerprint density at radius 2 is 1.52 bits per heavy atom. The highest BCUT2D eigenvalue weighted by atomic mass is 32.2. The second-order valence-electron chi connectivity index (χ2n) is 6.89. The SMILES string of the molecule is CC(=O)O[C@@H]1[C@@H](OC(C)=O)[C@H](OC(C)=O)CS[C@H]1Oc1cncc(-c2ccccc2)c1. The summed E-state index contributed by atoms with van der Waals surface area (Å²) in [6.45, 7) is 3.75. The van der Waals surface area contributed by atoms with Crippen LogP contribution < -0.4 is 4.74 Å². The highest BCUT2D eigenvalue weighted by Gasteiger charge is 2.47. The van der Waals surface area contributed by atoms with Gasteiger partial charge >= 0.3 is 17.9 Å². The first-order valence-corrected chi connectivity index (χ1v) is 10.7. The molecule has 0 amide bonds. The third-order valence-corrected chi connectivity index (χ3v) is 5.59. The molecule has 0 saturated carbocycles. The number of benzene rings is 1. The molecule has 1 saturated heterocycles. The van der Waals surface area contributed by atoms with Gasteiger partial charge in [-0.25, -0.2) is 0 Å². The van der Waals surface area contributed by atoms with Crippen molar-refractivity contribution in [2.24, 2.45) is 0 Å². The van der Waals surface area contributed by atoms with E-state index in [0.29, 0.717) is 11.5 Å². The van der Waals surface area contributed by atoms with E-state index in [2.05, 4.69) is 4.98 Å². The largest absolute Gasteiger partial charge is 0.474 e. The second kappa shape index (κ2) is 10.3. The number of aromatic nitrogens is 1. The highest BCUT2D eigenvalue weighted by molar-refractivity contribution is 7.99. The van der Waals surface area contributed by atoms with Crippen LogP contribution in [0.2, 0.25) is 0 Å². The van der Waals surface area contributed by atoms with Gasteiger partial charge in [-0.1, -0.05) is 30.3 Å². The van der Waals surface area contributed by atoms with Crippen LogP contribution in [0.5, 0.6) is 5.75 Å². The second-order valence-corrected chi connectivity index (χ2v) is 8.02. The zero-order chi connectivity index (χ0) is 22.4. The predicted molar refractivity (Wildman–Crippen MR) is 113 cm³/mol. The highest BCUT2D eigenvalue weighted by Crippen LogP contribution is 2.35. The fraction of sp³-hybridized carbons (Fsp3) is 0.364. The molecular weight excluding hydrogens is 422 g/mol. The molecule has 0 spiro atoms. The summed E-state index contributed by atoms with van der Waals surface area (Å²) in [5, 5.41) is 0. The van der Waals surface area contributed by atoms with Gasteiger partial charge in [-0.2, -0.15) is 0 Å². The number of thioether (sulfide) groups is 1. The van der Waals surface area contributed by atoms with Crippen molar-refractivity contribution in [1.29, 1.82) is 0 Å². The summed E-state index contributed by atoms with van der Waals surface area (Å²) in [6, 6.07) is 11.5. The number of carbonyl (C=O) groups excluding carboxylic acids is 3. The lowest BCUT2D eigenvalue weighted by Crippen LogP contribution is -2.55. The maximum absolute atomic E-state index is 11.8. The normalized spacial score (nSPS) is 22.8. The van der Waals surface area contributed by atoms with E-state index in [0.717, 1.165) is 11.1 Å². The third kappa shape index (κ3) is 6.21. The smallest absolute Gasteiger partial charge is 0.303 e. The van der Waals surface area contributed by atoms with Crippen molar-refractivity contribution in [3.63, 3.8) is 0 Å². The zero-order valence-corrected chi connectivity index (χ0v) is 18.2. The number of esters is 3. The first-order chi connectivity index (χ1) is 14.8. The molecule has 1 aliphatic heterocycles. The van der Waals surface area contributed by atoms with E-state index in [1.807, 2.05) is 36.4 Å². The lowest BCUT2D eigenvalue weighted by molar-refractivity contribution is -0.186. The standard InChI is InChI=1S/C22H23NO7S/c1-13(24)27-19-12-31-22(21(29-15(3)26)20(19)28-14(2)25)30-18-9-17(10-23-11-18)16-7-5-4-6-8-16/h4-11,19-22H,12H2,1-3H3/t19-,20+,21-,22-/m1/s1. The maximum atomic E-state index is 11.8. The van der Waals surface area contributed by atoms with Crippen LogP contribution in [-0.4, -0.2) is 52.4 Å². The molecule has 1 aromatic carbocycles. The van der Waals surface area contributed by atoms with Gasteiger partial charge < -0.3 is 18.9 Å². The molecule has 4 atom stereocenters. The van der Waals surface area contributed by atoms with Gasteiger partial charge in [0.15, 0.2) is 23.7 Å². The van der Waals surface area contributed by atoms with E-state index >= 15 is 0 Å². The molecule has 9 heteroatoms. The summed E-state index contributed by atoms with van der Waals surface area (Å²) in [7, 11) is 0. The van der Waals surface area contributed by atoms with E-state index in [1.165, 1.54) is 32.5 Å². The number of hydrogen-bond donors (Lipinski definition) is 0. The Labute approximate surface area is 184 Å². The van der Waals surface area contributed by atoms with Crippen molar-refractivity contribution in [3.05, 3.63) is 48.8 Å². The minimum atomic E-state index is -0.998. The van der Waals surface area contributed by atoms with E-state index in [4.69, 9.17) is 18.9 Å². The van der Waals surface area contributed by atoms with Crippen LogP contribution in [0.25, 0.3) is 11.1 Å². The quantitative estimate of drug-likeness (QED) is 0.490. The van der Waals surface area contributed by atoms with Gasteiger partial charge in [0.1, 0.15) is 5.75 Å². The van der Waals surface area contributed by atoms with Crippen LogP contribution in [0.3, 0.4) is 0 Å². The van der Waals surface area contributed by atoms with Gasteiger partial charge in [0.2, 0.25) is 0 Å². The van der Waals surface area contributed by atoms with Crippen molar-refractivity contribution < 1.29 is 33.3 Å². The van der Waals surface area contributed by atoms with Crippen LogP contribution in [0, 0.1) is 0 Å². The van der Waals surface area contributed by atoms with E-state index < -0.39 is 41.7 Å². The van der Waals surface area contributed by atoms with E-state index in [9.17, 15) is 14.4 Å². The van der Waals surface area contributed by atoms with Gasteiger partial charge in [0, 0.05) is 38.3 Å². The average molecular weight is 445 g/mol. The first-order valence-electron chi connectivity index (χ1n) is 9.64. The Morgan fingerprint density at radius 1 is 0.871 bits per heavy atom. The molecule has 8 nitrogen and oxygen atoms in total. The van der Waals surface area contributed by atoms with Crippen molar-refractivity contribution in [1.82, 2.24) is 4.98 Å². The predicted octanol–water partition coefficient (Wildman–Crippen LogP) is 3.00. The Hall–Kier alpha value is -3.07. The fourth-order valence-electron chi connectivity index (χ4n) is 3.22. The molecule has 1 fully saturated rings. The summed E-state index contributed by atoms with van der Waals surface area (Å²) in [6.07, 6.45) is 0.519. The lowest BCUT2D eigenvalue weighted by atomic mass is 10.1. The first kappa shape index (κ1) is 22.6. The molecule has 2 aromatic rings. The molecule has 0 radical (unpaired) electrons. The molecule has 2 heterocycles. The molecular formula is C22H23NO7S. The Kier molecular flexibility index (Phi) is 7.51. The number of hydrogen-bond acceptors (Lipinski definition) is 9. The van der Waals surface area contributed by atoms with E-state index in [1.54, 1.807) is 12.4 Å². The fourth-order valence-corrected chi connectivity index (χ4v) is 4.43. The number of carbonyl (C=O) groups is 3. The van der Waals surface area contributed by atoms with Gasteiger partial charge in [-0.15, -0.1) is 11.8 Å². The summed E-state index contributed by atoms with van der Waals surface area (Å²) < 4.78 is 22.2. The minimum Gasteiger partial charge on any atom is -0.474 e. The molecule has 0 aliphatic carbocycles. The lowest BCUT2D eigenvalue weighted by Gasteiger charge is -2.39. The summed E-state index contributed by atoms with van der Waals surface area (Å²) in [5.41, 5.74) is 1.13. The van der Waals surface area contributed by atoms with E-state index in [-0.39, 0.29) is 0 Å². The van der Waals surface area contributed by atoms with Gasteiger partial charge in [0.05, 0.1) is 6.20 Å². The maximum Gasteiger partial charge on any atom is 0.303 e. The number of nitrogens with zero attached hydrogens (tertiary/aromatic N) is 1. The summed E-state index contributed by atoms with van der Waals surface area (Å²) in [5.74, 6) is -0.924. The zero-order valence-electron chi connectivity index (χ0n) is 17.3. The van der Waals surface area contributed by atoms with Crippen molar-refractivity contribution >= 4 is 29.7 Å².